The van der Waals surface area contributed by atoms with Gasteiger partial charge in [0.05, 0.1) is 41.0 Å². The van der Waals surface area contributed by atoms with Crippen molar-refractivity contribution in [3.63, 3.8) is 0 Å². The van der Waals surface area contributed by atoms with Crippen LogP contribution in [0.5, 0.6) is 0 Å². The van der Waals surface area contributed by atoms with E-state index in [1.54, 1.807) is 25.2 Å². The molecule has 1 aromatic carbocycles. The van der Waals surface area contributed by atoms with Gasteiger partial charge in [-0.1, -0.05) is 29.3 Å². The number of rotatable bonds is 5. The van der Waals surface area contributed by atoms with Crippen molar-refractivity contribution in [3.8, 4) is 0 Å². The average Bonchev–Trinajstić information content (AvgIpc) is 2.50. The van der Waals surface area contributed by atoms with Gasteiger partial charge in [0.25, 0.3) is 0 Å². The molecule has 0 aliphatic carbocycles. The lowest BCUT2D eigenvalue weighted by Gasteiger charge is -2.35. The number of ether oxygens (including phenoxy) is 1. The van der Waals surface area contributed by atoms with E-state index in [1.165, 1.54) is 4.90 Å². The summed E-state index contributed by atoms with van der Waals surface area (Å²) in [5.41, 5.74) is 0.354. The fourth-order valence-corrected chi connectivity index (χ4v) is 3.32. The number of nitrogens with zero attached hydrogens (tertiary/aromatic N) is 2. The van der Waals surface area contributed by atoms with E-state index in [9.17, 15) is 9.59 Å². The van der Waals surface area contributed by atoms with Gasteiger partial charge in [-0.25, -0.2) is 0 Å². The van der Waals surface area contributed by atoms with E-state index in [1.807, 2.05) is 18.7 Å². The van der Waals surface area contributed by atoms with Crippen molar-refractivity contribution in [2.75, 3.05) is 38.5 Å². The van der Waals surface area contributed by atoms with Gasteiger partial charge in [-0.2, -0.15) is 0 Å². The molecule has 1 aromatic rings. The maximum Gasteiger partial charge on any atom is 0.244 e. The number of anilines is 1. The molecule has 6 nitrogen and oxygen atoms in total. The monoisotopic (exact) mass is 387 g/mol. The maximum absolute atomic E-state index is 12.4. The van der Waals surface area contributed by atoms with Crippen molar-refractivity contribution >= 4 is 40.7 Å². The van der Waals surface area contributed by atoms with Crippen molar-refractivity contribution in [3.05, 3.63) is 28.2 Å². The summed E-state index contributed by atoms with van der Waals surface area (Å²) in [6.07, 6.45) is 0.181. The summed E-state index contributed by atoms with van der Waals surface area (Å²) in [7, 11) is 1.60. The molecule has 1 aliphatic rings. The standard InChI is InChI=1S/C17H23Cl2N3O3/c1-11-7-22(8-12(2)25-11)10-16(24)21(3)9-15(23)20-17-13(18)5-4-6-14(17)19/h4-6,11-12H,7-10H2,1-3H3,(H,20,23)/t11-,12-/m0/s1. The van der Waals surface area contributed by atoms with E-state index in [4.69, 9.17) is 27.9 Å². The molecule has 1 heterocycles. The quantitative estimate of drug-likeness (QED) is 0.842. The van der Waals surface area contributed by atoms with Gasteiger partial charge in [-0.15, -0.1) is 0 Å². The lowest BCUT2D eigenvalue weighted by molar-refractivity contribution is -0.137. The van der Waals surface area contributed by atoms with Crippen LogP contribution in [0.15, 0.2) is 18.2 Å². The van der Waals surface area contributed by atoms with Crippen molar-refractivity contribution in [1.29, 1.82) is 0 Å². The number of carbonyl (C=O) groups excluding carboxylic acids is 2. The van der Waals surface area contributed by atoms with Gasteiger partial charge >= 0.3 is 0 Å². The molecule has 2 rings (SSSR count). The summed E-state index contributed by atoms with van der Waals surface area (Å²) in [5.74, 6) is -0.476. The molecular formula is C17H23Cl2N3O3. The SMILES string of the molecule is C[C@H]1CN(CC(=O)N(C)CC(=O)Nc2c(Cl)cccc2Cl)C[C@H](C)O1. The summed E-state index contributed by atoms with van der Waals surface area (Å²) in [6.45, 7) is 5.55. The first-order valence-electron chi connectivity index (χ1n) is 8.12. The normalized spacial score (nSPS) is 21.0. The lowest BCUT2D eigenvalue weighted by atomic mass is 10.2. The number of morpholine rings is 1. The number of hydrogen-bond donors (Lipinski definition) is 1. The lowest BCUT2D eigenvalue weighted by Crippen LogP contribution is -2.50. The van der Waals surface area contributed by atoms with Crippen molar-refractivity contribution in [2.24, 2.45) is 0 Å². The molecule has 2 atom stereocenters. The minimum Gasteiger partial charge on any atom is -0.373 e. The Hall–Kier alpha value is -1.34. The molecule has 8 heteroatoms. The topological polar surface area (TPSA) is 61.9 Å². The van der Waals surface area contributed by atoms with Crippen molar-refractivity contribution in [1.82, 2.24) is 9.80 Å². The second-order valence-electron chi connectivity index (χ2n) is 6.35. The predicted octanol–water partition coefficient (Wildman–Crippen LogP) is 2.50. The van der Waals surface area contributed by atoms with Crippen molar-refractivity contribution in [2.45, 2.75) is 26.1 Å². The number of nitrogens with one attached hydrogen (secondary N) is 1. The Morgan fingerprint density at radius 1 is 1.24 bits per heavy atom. The van der Waals surface area contributed by atoms with E-state index in [0.29, 0.717) is 28.8 Å². The fourth-order valence-electron chi connectivity index (χ4n) is 2.83. The van der Waals surface area contributed by atoms with Gasteiger partial charge in [-0.3, -0.25) is 14.5 Å². The number of benzene rings is 1. The van der Waals surface area contributed by atoms with Gasteiger partial charge in [0.1, 0.15) is 0 Å². The second-order valence-corrected chi connectivity index (χ2v) is 7.16. The van der Waals surface area contributed by atoms with Gasteiger partial charge in [0, 0.05) is 20.1 Å². The van der Waals surface area contributed by atoms with E-state index < -0.39 is 0 Å². The molecule has 0 spiro atoms. The van der Waals surface area contributed by atoms with Crippen LogP contribution in [0.1, 0.15) is 13.8 Å². The third-order valence-corrected chi connectivity index (χ3v) is 4.52. The molecule has 1 saturated heterocycles. The first-order valence-corrected chi connectivity index (χ1v) is 8.87. The summed E-state index contributed by atoms with van der Waals surface area (Å²) in [4.78, 5) is 28.0. The Morgan fingerprint density at radius 3 is 2.36 bits per heavy atom. The summed E-state index contributed by atoms with van der Waals surface area (Å²) < 4.78 is 5.66. The van der Waals surface area contributed by atoms with Crippen LogP contribution in [0.4, 0.5) is 5.69 Å². The number of likely N-dealkylation sites (N-methyl/N-ethyl adjacent to an activating group) is 1. The second kappa shape index (κ2) is 8.85. The van der Waals surface area contributed by atoms with Gasteiger partial charge < -0.3 is 15.0 Å². The van der Waals surface area contributed by atoms with E-state index in [0.717, 1.165) is 0 Å². The minimum absolute atomic E-state index is 0.0736. The van der Waals surface area contributed by atoms with E-state index >= 15 is 0 Å². The average molecular weight is 388 g/mol. The third-order valence-electron chi connectivity index (χ3n) is 3.89. The molecule has 1 aliphatic heterocycles. The van der Waals surface area contributed by atoms with Crippen molar-refractivity contribution < 1.29 is 14.3 Å². The molecule has 1 fully saturated rings. The maximum atomic E-state index is 12.4. The first-order chi connectivity index (χ1) is 11.8. The van der Waals surface area contributed by atoms with E-state index in [2.05, 4.69) is 5.32 Å². The van der Waals surface area contributed by atoms with E-state index in [-0.39, 0.29) is 37.1 Å². The first kappa shape index (κ1) is 20.0. The van der Waals surface area contributed by atoms with Crippen LogP contribution in [0.25, 0.3) is 0 Å². The zero-order valence-electron chi connectivity index (χ0n) is 14.6. The number of carbonyl (C=O) groups is 2. The van der Waals surface area contributed by atoms with Crippen LogP contribution in [-0.2, 0) is 14.3 Å². The number of para-hydroxylation sites is 1. The molecule has 0 bridgehead atoms. The van der Waals surface area contributed by atoms with Crippen LogP contribution in [0.3, 0.4) is 0 Å². The predicted molar refractivity (Wildman–Crippen MR) is 99.2 cm³/mol. The molecule has 2 amide bonds. The highest BCUT2D eigenvalue weighted by atomic mass is 35.5. The smallest absolute Gasteiger partial charge is 0.244 e. The van der Waals surface area contributed by atoms with Gasteiger partial charge in [0.2, 0.25) is 11.8 Å². The number of amides is 2. The van der Waals surface area contributed by atoms with Gasteiger partial charge in [0.15, 0.2) is 0 Å². The molecule has 25 heavy (non-hydrogen) atoms. The van der Waals surface area contributed by atoms with Gasteiger partial charge in [-0.05, 0) is 26.0 Å². The van der Waals surface area contributed by atoms with Crippen LogP contribution in [0, 0.1) is 0 Å². The molecule has 138 valence electrons. The molecular weight excluding hydrogens is 365 g/mol. The number of halogens is 2. The third kappa shape index (κ3) is 5.85. The van der Waals surface area contributed by atoms with Crippen LogP contribution >= 0.6 is 23.2 Å². The molecule has 0 saturated carbocycles. The Kier molecular flexibility index (Phi) is 7.07. The fraction of sp³-hybridized carbons (Fsp3) is 0.529. The molecule has 0 unspecified atom stereocenters. The zero-order chi connectivity index (χ0) is 18.6. The zero-order valence-corrected chi connectivity index (χ0v) is 16.1. The summed E-state index contributed by atoms with van der Waals surface area (Å²) in [6, 6.07) is 4.97. The molecule has 0 radical (unpaired) electrons. The highest BCUT2D eigenvalue weighted by Gasteiger charge is 2.25. The number of hydrogen-bond acceptors (Lipinski definition) is 4. The summed E-state index contributed by atoms with van der Waals surface area (Å²) >= 11 is 12.1. The minimum atomic E-state index is -0.352. The van der Waals surface area contributed by atoms with Crippen LogP contribution in [0.2, 0.25) is 10.0 Å². The molecule has 0 aromatic heterocycles. The summed E-state index contributed by atoms with van der Waals surface area (Å²) in [5, 5.41) is 3.36. The largest absolute Gasteiger partial charge is 0.373 e. The highest BCUT2D eigenvalue weighted by molar-refractivity contribution is 6.39. The van der Waals surface area contributed by atoms with Crippen LogP contribution < -0.4 is 5.32 Å². The highest BCUT2D eigenvalue weighted by Crippen LogP contribution is 2.29. The van der Waals surface area contributed by atoms with Crippen LogP contribution in [-0.4, -0.2) is 67.0 Å². The Balaban J connectivity index is 1.87. The molecule has 1 N–H and O–H groups in total. The Labute approximate surface area is 158 Å². The Bertz CT molecular complexity index is 611. The Morgan fingerprint density at radius 2 is 1.80 bits per heavy atom.